The minimum Gasteiger partial charge on any atom is -0.383 e. The predicted molar refractivity (Wildman–Crippen MR) is 89.5 cm³/mol. The summed E-state index contributed by atoms with van der Waals surface area (Å²) in [7, 11) is 0. The molecule has 23 heavy (non-hydrogen) atoms. The van der Waals surface area contributed by atoms with Gasteiger partial charge in [-0.25, -0.2) is 4.98 Å². The fourth-order valence-electron chi connectivity index (χ4n) is 2.20. The molecular formula is C14H12N8S. The van der Waals surface area contributed by atoms with Gasteiger partial charge in [-0.2, -0.15) is 5.10 Å². The van der Waals surface area contributed by atoms with Crippen molar-refractivity contribution in [3.8, 4) is 10.6 Å². The number of anilines is 3. The molecular weight excluding hydrogens is 312 g/mol. The molecule has 0 saturated carbocycles. The Morgan fingerprint density at radius 1 is 1.13 bits per heavy atom. The van der Waals surface area contributed by atoms with Gasteiger partial charge < -0.3 is 11.1 Å². The SMILES string of the molecule is Cc1nnc(-c2cc3ncc(Nc4cn[nH]c4)cc3nc2N)s1. The van der Waals surface area contributed by atoms with E-state index in [-0.39, 0.29) is 0 Å². The lowest BCUT2D eigenvalue weighted by molar-refractivity contribution is 1.05. The van der Waals surface area contributed by atoms with Crippen LogP contribution in [0.3, 0.4) is 0 Å². The molecule has 0 saturated heterocycles. The van der Waals surface area contributed by atoms with Crippen LogP contribution in [0, 0.1) is 6.92 Å². The number of H-pyrrole nitrogens is 1. The van der Waals surface area contributed by atoms with Gasteiger partial charge in [-0.3, -0.25) is 10.1 Å². The maximum absolute atomic E-state index is 6.08. The summed E-state index contributed by atoms with van der Waals surface area (Å²) >= 11 is 1.48. The van der Waals surface area contributed by atoms with Crippen LogP contribution in [0.2, 0.25) is 0 Å². The van der Waals surface area contributed by atoms with Crippen molar-refractivity contribution in [2.45, 2.75) is 6.92 Å². The first-order valence-electron chi connectivity index (χ1n) is 6.81. The van der Waals surface area contributed by atoms with E-state index in [1.807, 2.05) is 19.1 Å². The second-order valence-corrected chi connectivity index (χ2v) is 6.10. The van der Waals surface area contributed by atoms with E-state index in [4.69, 9.17) is 5.73 Å². The second-order valence-electron chi connectivity index (χ2n) is 4.92. The minimum atomic E-state index is 0.413. The van der Waals surface area contributed by atoms with Crippen LogP contribution in [-0.4, -0.2) is 30.4 Å². The molecule has 4 heterocycles. The Labute approximate surface area is 134 Å². The van der Waals surface area contributed by atoms with Gasteiger partial charge in [0, 0.05) is 6.20 Å². The normalized spacial score (nSPS) is 11.0. The first kappa shape index (κ1) is 13.6. The number of nitrogens with two attached hydrogens (primary N) is 1. The van der Waals surface area contributed by atoms with Crippen LogP contribution < -0.4 is 11.1 Å². The van der Waals surface area contributed by atoms with Crippen LogP contribution in [0.15, 0.2) is 30.7 Å². The molecule has 0 spiro atoms. The number of hydrogen-bond acceptors (Lipinski definition) is 8. The van der Waals surface area contributed by atoms with Gasteiger partial charge in [-0.05, 0) is 19.1 Å². The number of hydrogen-bond donors (Lipinski definition) is 3. The fraction of sp³-hybridized carbons (Fsp3) is 0.0714. The molecule has 114 valence electrons. The van der Waals surface area contributed by atoms with E-state index in [9.17, 15) is 0 Å². The van der Waals surface area contributed by atoms with Crippen molar-refractivity contribution in [2.75, 3.05) is 11.1 Å². The Balaban J connectivity index is 1.75. The summed E-state index contributed by atoms with van der Waals surface area (Å²) in [6.07, 6.45) is 5.18. The lowest BCUT2D eigenvalue weighted by Gasteiger charge is -2.07. The lowest BCUT2D eigenvalue weighted by Crippen LogP contribution is -1.97. The Bertz CT molecular complexity index is 976. The Morgan fingerprint density at radius 2 is 2.04 bits per heavy atom. The number of nitrogen functional groups attached to an aromatic ring is 1. The molecule has 4 N–H and O–H groups in total. The number of nitrogens with zero attached hydrogens (tertiary/aromatic N) is 5. The van der Waals surface area contributed by atoms with Gasteiger partial charge in [0.1, 0.15) is 10.8 Å². The Morgan fingerprint density at radius 3 is 2.78 bits per heavy atom. The molecule has 0 amide bonds. The molecule has 0 fully saturated rings. The van der Waals surface area contributed by atoms with Crippen molar-refractivity contribution in [3.63, 3.8) is 0 Å². The molecule has 0 radical (unpaired) electrons. The molecule has 0 aliphatic rings. The lowest BCUT2D eigenvalue weighted by atomic mass is 10.2. The second kappa shape index (κ2) is 5.29. The van der Waals surface area contributed by atoms with Crippen LogP contribution in [-0.2, 0) is 0 Å². The number of pyridine rings is 2. The third-order valence-electron chi connectivity index (χ3n) is 3.24. The average Bonchev–Trinajstić information content (AvgIpc) is 3.18. The van der Waals surface area contributed by atoms with Gasteiger partial charge in [0.05, 0.1) is 40.4 Å². The predicted octanol–water partition coefficient (Wildman–Crippen LogP) is 2.51. The zero-order valence-electron chi connectivity index (χ0n) is 12.1. The molecule has 9 heteroatoms. The highest BCUT2D eigenvalue weighted by molar-refractivity contribution is 7.14. The summed E-state index contributed by atoms with van der Waals surface area (Å²) in [6.45, 7) is 1.90. The van der Waals surface area contributed by atoms with E-state index in [2.05, 4.69) is 35.7 Å². The third kappa shape index (κ3) is 2.57. The Hall–Kier alpha value is -3.07. The molecule has 0 unspecified atom stereocenters. The molecule has 0 atom stereocenters. The topological polar surface area (TPSA) is 118 Å². The summed E-state index contributed by atoms with van der Waals surface area (Å²) in [4.78, 5) is 8.88. The molecule has 0 aromatic carbocycles. The van der Waals surface area contributed by atoms with E-state index in [0.29, 0.717) is 11.3 Å². The van der Waals surface area contributed by atoms with Crippen molar-refractivity contribution in [3.05, 3.63) is 35.7 Å². The van der Waals surface area contributed by atoms with Crippen molar-refractivity contribution in [1.29, 1.82) is 0 Å². The first-order chi connectivity index (χ1) is 11.2. The number of aryl methyl sites for hydroxylation is 1. The van der Waals surface area contributed by atoms with Gasteiger partial charge in [0.2, 0.25) is 0 Å². The van der Waals surface area contributed by atoms with Gasteiger partial charge >= 0.3 is 0 Å². The maximum atomic E-state index is 6.08. The summed E-state index contributed by atoms with van der Waals surface area (Å²) in [5, 5.41) is 19.6. The van der Waals surface area contributed by atoms with Crippen molar-refractivity contribution in [1.82, 2.24) is 30.4 Å². The van der Waals surface area contributed by atoms with Crippen LogP contribution in [0.4, 0.5) is 17.2 Å². The number of nitrogens with one attached hydrogen (secondary N) is 2. The quantitative estimate of drug-likeness (QED) is 0.530. The van der Waals surface area contributed by atoms with E-state index < -0.39 is 0 Å². The molecule has 0 aliphatic carbocycles. The summed E-state index contributed by atoms with van der Waals surface area (Å²) in [5.74, 6) is 0.413. The van der Waals surface area contributed by atoms with Crippen LogP contribution in [0.1, 0.15) is 5.01 Å². The van der Waals surface area contributed by atoms with Crippen molar-refractivity contribution >= 4 is 39.6 Å². The van der Waals surface area contributed by atoms with E-state index in [1.54, 1.807) is 18.6 Å². The smallest absolute Gasteiger partial charge is 0.151 e. The highest BCUT2D eigenvalue weighted by atomic mass is 32.1. The van der Waals surface area contributed by atoms with Crippen LogP contribution >= 0.6 is 11.3 Å². The first-order valence-corrected chi connectivity index (χ1v) is 7.63. The fourth-order valence-corrected chi connectivity index (χ4v) is 2.91. The third-order valence-corrected chi connectivity index (χ3v) is 4.11. The molecule has 0 bridgehead atoms. The monoisotopic (exact) mass is 324 g/mol. The number of rotatable bonds is 3. The zero-order valence-corrected chi connectivity index (χ0v) is 12.9. The maximum Gasteiger partial charge on any atom is 0.151 e. The molecule has 4 aromatic heterocycles. The number of aromatic nitrogens is 6. The largest absolute Gasteiger partial charge is 0.383 e. The summed E-state index contributed by atoms with van der Waals surface area (Å²) in [5.41, 5.74) is 9.95. The summed E-state index contributed by atoms with van der Waals surface area (Å²) in [6, 6.07) is 3.78. The number of fused-ring (bicyclic) bond motifs is 1. The van der Waals surface area contributed by atoms with Crippen LogP contribution in [0.5, 0.6) is 0 Å². The molecule has 0 aliphatic heterocycles. The van der Waals surface area contributed by atoms with Gasteiger partial charge in [-0.15, -0.1) is 10.2 Å². The van der Waals surface area contributed by atoms with Crippen molar-refractivity contribution in [2.24, 2.45) is 0 Å². The number of aromatic amines is 1. The standard InChI is InChI=1S/C14H12N8S/c1-7-21-22-14(23-7)10-3-11-12(20-13(10)15)2-8(4-16-11)19-9-5-17-18-6-9/h2-6,19H,1H3,(H2,15,20)(H,17,18). The van der Waals surface area contributed by atoms with Gasteiger partial charge in [0.15, 0.2) is 5.01 Å². The highest BCUT2D eigenvalue weighted by Gasteiger charge is 2.12. The van der Waals surface area contributed by atoms with E-state index >= 15 is 0 Å². The summed E-state index contributed by atoms with van der Waals surface area (Å²) < 4.78 is 0. The highest BCUT2D eigenvalue weighted by Crippen LogP contribution is 2.30. The van der Waals surface area contributed by atoms with E-state index in [0.717, 1.165) is 32.5 Å². The van der Waals surface area contributed by atoms with Crippen molar-refractivity contribution < 1.29 is 0 Å². The van der Waals surface area contributed by atoms with Crippen LogP contribution in [0.25, 0.3) is 21.6 Å². The minimum absolute atomic E-state index is 0.413. The molecule has 4 aromatic rings. The van der Waals surface area contributed by atoms with Gasteiger partial charge in [0.25, 0.3) is 0 Å². The Kier molecular flexibility index (Phi) is 3.12. The van der Waals surface area contributed by atoms with E-state index in [1.165, 1.54) is 11.3 Å². The molecule has 4 rings (SSSR count). The zero-order chi connectivity index (χ0) is 15.8. The average molecular weight is 324 g/mol. The molecule has 8 nitrogen and oxygen atoms in total. The van der Waals surface area contributed by atoms with Gasteiger partial charge in [-0.1, -0.05) is 11.3 Å².